The van der Waals surface area contributed by atoms with Gasteiger partial charge in [0.15, 0.2) is 0 Å². The fraction of sp³-hybridized carbons (Fsp3) is 0.400. The molecule has 28 heavy (non-hydrogen) atoms. The SMILES string of the molecule is C=C(C)C(=O)OCc1cc(-c2ccc(CO)cc2)ccc1C1CCC(C)CC1. The second kappa shape index (κ2) is 9.20. The van der Waals surface area contributed by atoms with Crippen LogP contribution in [0.5, 0.6) is 0 Å². The summed E-state index contributed by atoms with van der Waals surface area (Å²) in [5, 5.41) is 9.25. The summed E-state index contributed by atoms with van der Waals surface area (Å²) in [6.45, 7) is 7.99. The zero-order valence-corrected chi connectivity index (χ0v) is 16.9. The monoisotopic (exact) mass is 378 g/mol. The number of aliphatic hydroxyl groups is 1. The van der Waals surface area contributed by atoms with Crippen LogP contribution in [0, 0.1) is 5.92 Å². The molecule has 0 amide bonds. The molecule has 0 aliphatic heterocycles. The van der Waals surface area contributed by atoms with Crippen LogP contribution in [0.2, 0.25) is 0 Å². The Kier molecular flexibility index (Phi) is 6.69. The largest absolute Gasteiger partial charge is 0.457 e. The van der Waals surface area contributed by atoms with Gasteiger partial charge in [0.25, 0.3) is 0 Å². The molecule has 2 aromatic carbocycles. The van der Waals surface area contributed by atoms with Gasteiger partial charge in [-0.15, -0.1) is 0 Å². The van der Waals surface area contributed by atoms with Crippen molar-refractivity contribution < 1.29 is 14.6 Å². The molecule has 0 heterocycles. The second-order valence-electron chi connectivity index (χ2n) is 8.08. The fourth-order valence-corrected chi connectivity index (χ4v) is 3.95. The summed E-state index contributed by atoms with van der Waals surface area (Å²) in [5.41, 5.74) is 5.89. The first-order valence-electron chi connectivity index (χ1n) is 10.1. The molecule has 1 aliphatic carbocycles. The molecule has 3 rings (SSSR count). The first-order valence-corrected chi connectivity index (χ1v) is 10.1. The number of benzene rings is 2. The summed E-state index contributed by atoms with van der Waals surface area (Å²) in [6.07, 6.45) is 4.88. The van der Waals surface area contributed by atoms with Gasteiger partial charge in [0.2, 0.25) is 0 Å². The summed E-state index contributed by atoms with van der Waals surface area (Å²) < 4.78 is 5.50. The number of aliphatic hydroxyl groups excluding tert-OH is 1. The van der Waals surface area contributed by atoms with E-state index < -0.39 is 0 Å². The molecule has 3 heteroatoms. The Morgan fingerprint density at radius 2 is 1.71 bits per heavy atom. The predicted octanol–water partition coefficient (Wildman–Crippen LogP) is 5.76. The molecule has 2 aromatic rings. The van der Waals surface area contributed by atoms with Crippen molar-refractivity contribution in [3.8, 4) is 11.1 Å². The van der Waals surface area contributed by atoms with Crippen LogP contribution in [0.4, 0.5) is 0 Å². The van der Waals surface area contributed by atoms with Gasteiger partial charge in [0, 0.05) is 5.57 Å². The molecule has 0 unspecified atom stereocenters. The highest BCUT2D eigenvalue weighted by atomic mass is 16.5. The van der Waals surface area contributed by atoms with Crippen molar-refractivity contribution in [1.82, 2.24) is 0 Å². The molecule has 1 aliphatic rings. The number of rotatable bonds is 6. The zero-order valence-electron chi connectivity index (χ0n) is 16.9. The molecule has 0 saturated heterocycles. The van der Waals surface area contributed by atoms with Crippen molar-refractivity contribution in [3.63, 3.8) is 0 Å². The van der Waals surface area contributed by atoms with Crippen molar-refractivity contribution >= 4 is 5.97 Å². The predicted molar refractivity (Wildman–Crippen MR) is 113 cm³/mol. The van der Waals surface area contributed by atoms with Gasteiger partial charge in [-0.2, -0.15) is 0 Å². The van der Waals surface area contributed by atoms with Crippen molar-refractivity contribution in [2.24, 2.45) is 5.92 Å². The lowest BCUT2D eigenvalue weighted by molar-refractivity contribution is -0.140. The Morgan fingerprint density at radius 1 is 1.07 bits per heavy atom. The number of ether oxygens (including phenoxy) is 1. The maximum Gasteiger partial charge on any atom is 0.333 e. The van der Waals surface area contributed by atoms with Crippen LogP contribution >= 0.6 is 0 Å². The minimum atomic E-state index is -0.346. The van der Waals surface area contributed by atoms with E-state index in [1.54, 1.807) is 6.92 Å². The van der Waals surface area contributed by atoms with E-state index in [-0.39, 0.29) is 19.2 Å². The highest BCUT2D eigenvalue weighted by molar-refractivity contribution is 5.86. The zero-order chi connectivity index (χ0) is 20.1. The molecule has 148 valence electrons. The molecular weight excluding hydrogens is 348 g/mol. The average Bonchev–Trinajstić information content (AvgIpc) is 2.72. The highest BCUT2D eigenvalue weighted by Gasteiger charge is 2.22. The van der Waals surface area contributed by atoms with Crippen LogP contribution in [0.15, 0.2) is 54.6 Å². The Morgan fingerprint density at radius 3 is 2.32 bits per heavy atom. The van der Waals surface area contributed by atoms with Crippen LogP contribution in [-0.2, 0) is 22.7 Å². The van der Waals surface area contributed by atoms with E-state index in [2.05, 4.69) is 31.7 Å². The minimum Gasteiger partial charge on any atom is -0.457 e. The first kappa shape index (κ1) is 20.3. The summed E-state index contributed by atoms with van der Waals surface area (Å²) in [5.74, 6) is 0.978. The first-order chi connectivity index (χ1) is 13.5. The molecule has 1 saturated carbocycles. The third kappa shape index (κ3) is 4.90. The number of carbonyl (C=O) groups is 1. The Bertz CT molecular complexity index is 827. The van der Waals surface area contributed by atoms with Gasteiger partial charge in [-0.05, 0) is 65.5 Å². The van der Waals surface area contributed by atoms with Gasteiger partial charge in [0.1, 0.15) is 6.61 Å². The van der Waals surface area contributed by atoms with E-state index in [9.17, 15) is 9.90 Å². The van der Waals surface area contributed by atoms with E-state index in [1.807, 2.05) is 24.3 Å². The van der Waals surface area contributed by atoms with E-state index in [0.717, 1.165) is 28.2 Å². The molecule has 1 fully saturated rings. The van der Waals surface area contributed by atoms with Gasteiger partial charge in [-0.3, -0.25) is 0 Å². The van der Waals surface area contributed by atoms with Gasteiger partial charge < -0.3 is 9.84 Å². The molecule has 3 nitrogen and oxygen atoms in total. The van der Waals surface area contributed by atoms with Crippen molar-refractivity contribution in [2.45, 2.75) is 58.7 Å². The van der Waals surface area contributed by atoms with E-state index in [4.69, 9.17) is 4.74 Å². The maximum absolute atomic E-state index is 11.9. The number of carbonyl (C=O) groups excluding carboxylic acids is 1. The molecule has 0 radical (unpaired) electrons. The standard InChI is InChI=1S/C25H30O3/c1-17(2)25(27)28-16-23-14-22(20-10-6-19(15-26)7-11-20)12-13-24(23)21-8-4-18(3)5-9-21/h6-7,10-14,18,21,26H,1,4-5,8-9,15-16H2,2-3H3. The third-order valence-corrected chi connectivity index (χ3v) is 5.78. The summed E-state index contributed by atoms with van der Waals surface area (Å²) >= 11 is 0. The van der Waals surface area contributed by atoms with Gasteiger partial charge in [-0.1, -0.05) is 62.7 Å². The Labute approximate surface area is 168 Å². The molecule has 1 N–H and O–H groups in total. The lowest BCUT2D eigenvalue weighted by Gasteiger charge is -2.28. The van der Waals surface area contributed by atoms with Crippen LogP contribution < -0.4 is 0 Å². The molecule has 0 atom stereocenters. The highest BCUT2D eigenvalue weighted by Crippen LogP contribution is 2.38. The number of hydrogen-bond acceptors (Lipinski definition) is 3. The van der Waals surface area contributed by atoms with Crippen LogP contribution in [0.3, 0.4) is 0 Å². The minimum absolute atomic E-state index is 0.0431. The fourth-order valence-electron chi connectivity index (χ4n) is 3.95. The topological polar surface area (TPSA) is 46.5 Å². The molecule has 0 bridgehead atoms. The van der Waals surface area contributed by atoms with E-state index in [0.29, 0.717) is 11.5 Å². The lowest BCUT2D eigenvalue weighted by Crippen LogP contribution is -2.14. The smallest absolute Gasteiger partial charge is 0.333 e. The number of hydrogen-bond donors (Lipinski definition) is 1. The quantitative estimate of drug-likeness (QED) is 0.513. The normalized spacial score (nSPS) is 19.2. The van der Waals surface area contributed by atoms with Crippen LogP contribution in [0.1, 0.15) is 62.1 Å². The lowest BCUT2D eigenvalue weighted by atomic mass is 9.78. The van der Waals surface area contributed by atoms with E-state index >= 15 is 0 Å². The average molecular weight is 379 g/mol. The van der Waals surface area contributed by atoms with Crippen LogP contribution in [0.25, 0.3) is 11.1 Å². The van der Waals surface area contributed by atoms with Gasteiger partial charge in [0.05, 0.1) is 6.61 Å². The van der Waals surface area contributed by atoms with Gasteiger partial charge in [-0.25, -0.2) is 4.79 Å². The van der Waals surface area contributed by atoms with Crippen LogP contribution in [-0.4, -0.2) is 11.1 Å². The maximum atomic E-state index is 11.9. The summed E-state index contributed by atoms with van der Waals surface area (Å²) in [6, 6.07) is 14.4. The van der Waals surface area contributed by atoms with Gasteiger partial charge >= 0.3 is 5.97 Å². The number of esters is 1. The second-order valence-corrected chi connectivity index (χ2v) is 8.08. The summed E-state index contributed by atoms with van der Waals surface area (Å²) in [7, 11) is 0. The Balaban J connectivity index is 1.89. The molecule has 0 spiro atoms. The molecule has 0 aromatic heterocycles. The van der Waals surface area contributed by atoms with Crippen molar-refractivity contribution in [1.29, 1.82) is 0 Å². The third-order valence-electron chi connectivity index (χ3n) is 5.78. The van der Waals surface area contributed by atoms with Crippen molar-refractivity contribution in [3.05, 3.63) is 71.3 Å². The molecular formula is C25H30O3. The summed E-state index contributed by atoms with van der Waals surface area (Å²) in [4.78, 5) is 11.9. The Hall–Kier alpha value is -2.39. The van der Waals surface area contributed by atoms with E-state index in [1.165, 1.54) is 31.2 Å². The van der Waals surface area contributed by atoms with Crippen molar-refractivity contribution in [2.75, 3.05) is 0 Å².